The Hall–Kier alpha value is -1.10. The maximum Gasteiger partial charge on any atom is 0.248 e. The summed E-state index contributed by atoms with van der Waals surface area (Å²) in [6.07, 6.45) is 3.25. The van der Waals surface area contributed by atoms with Gasteiger partial charge >= 0.3 is 0 Å². The molecule has 1 saturated heterocycles. The van der Waals surface area contributed by atoms with E-state index < -0.39 is 5.54 Å². The van der Waals surface area contributed by atoms with Crippen molar-refractivity contribution in [3.63, 3.8) is 0 Å². The van der Waals surface area contributed by atoms with E-state index in [1.807, 2.05) is 20.8 Å². The van der Waals surface area contributed by atoms with Gasteiger partial charge in [-0.2, -0.15) is 0 Å². The van der Waals surface area contributed by atoms with E-state index in [1.54, 1.807) is 12.0 Å². The molecule has 0 aromatic rings. The molecule has 1 aliphatic heterocycles. The van der Waals surface area contributed by atoms with Gasteiger partial charge in [-0.15, -0.1) is 0 Å². The van der Waals surface area contributed by atoms with Crippen LogP contribution in [0.1, 0.15) is 53.4 Å². The van der Waals surface area contributed by atoms with Crippen LogP contribution in [0, 0.1) is 5.92 Å². The molecule has 5 nitrogen and oxygen atoms in total. The first kappa shape index (κ1) is 18.0. The van der Waals surface area contributed by atoms with Crippen molar-refractivity contribution in [1.82, 2.24) is 10.2 Å². The molecule has 0 aromatic carbocycles. The molecule has 0 saturated carbocycles. The Kier molecular flexibility index (Phi) is 6.65. The zero-order valence-corrected chi connectivity index (χ0v) is 14.1. The summed E-state index contributed by atoms with van der Waals surface area (Å²) in [7, 11) is 1.68. The third-order valence-electron chi connectivity index (χ3n) is 4.62. The second-order valence-electron chi connectivity index (χ2n) is 6.20. The molecule has 3 unspecified atom stereocenters. The Morgan fingerprint density at radius 2 is 2.00 bits per heavy atom. The second kappa shape index (κ2) is 7.78. The Morgan fingerprint density at radius 1 is 1.33 bits per heavy atom. The Bertz CT molecular complexity index is 373. The zero-order chi connectivity index (χ0) is 16.0. The first-order valence-corrected chi connectivity index (χ1v) is 8.03. The van der Waals surface area contributed by atoms with Crippen molar-refractivity contribution >= 4 is 11.8 Å². The predicted molar refractivity (Wildman–Crippen MR) is 82.9 cm³/mol. The number of unbranched alkanes of at least 4 members (excludes halogenated alkanes) is 1. The van der Waals surface area contributed by atoms with E-state index in [2.05, 4.69) is 12.2 Å². The van der Waals surface area contributed by atoms with Crippen molar-refractivity contribution in [2.75, 3.05) is 20.3 Å². The second-order valence-corrected chi connectivity index (χ2v) is 6.20. The fourth-order valence-corrected chi connectivity index (χ4v) is 2.78. The van der Waals surface area contributed by atoms with E-state index in [9.17, 15) is 9.59 Å². The van der Waals surface area contributed by atoms with Gasteiger partial charge in [-0.1, -0.05) is 27.2 Å². The zero-order valence-electron chi connectivity index (χ0n) is 14.1. The van der Waals surface area contributed by atoms with E-state index in [0.29, 0.717) is 19.6 Å². The normalized spacial score (nSPS) is 27.7. The summed E-state index contributed by atoms with van der Waals surface area (Å²) in [5.74, 6) is 0.199. The highest BCUT2D eigenvalue weighted by Crippen LogP contribution is 2.26. The van der Waals surface area contributed by atoms with E-state index in [0.717, 1.165) is 19.3 Å². The molecule has 0 spiro atoms. The van der Waals surface area contributed by atoms with Crippen LogP contribution in [0.15, 0.2) is 0 Å². The van der Waals surface area contributed by atoms with Crippen molar-refractivity contribution < 1.29 is 14.3 Å². The number of carbonyl (C=O) groups is 2. The van der Waals surface area contributed by atoms with Gasteiger partial charge in [0.15, 0.2) is 0 Å². The summed E-state index contributed by atoms with van der Waals surface area (Å²) in [5.41, 5.74) is -0.762. The largest absolute Gasteiger partial charge is 0.385 e. The number of hydrogen-bond donors (Lipinski definition) is 1. The van der Waals surface area contributed by atoms with Crippen LogP contribution in [-0.2, 0) is 14.3 Å². The Labute approximate surface area is 128 Å². The first-order valence-electron chi connectivity index (χ1n) is 8.03. The van der Waals surface area contributed by atoms with Gasteiger partial charge in [-0.05, 0) is 32.1 Å². The number of piperazine rings is 1. The molecule has 0 aliphatic carbocycles. The molecule has 21 heavy (non-hydrogen) atoms. The highest BCUT2D eigenvalue weighted by atomic mass is 16.5. The summed E-state index contributed by atoms with van der Waals surface area (Å²) in [6.45, 7) is 9.16. The van der Waals surface area contributed by atoms with Crippen LogP contribution in [-0.4, -0.2) is 48.6 Å². The van der Waals surface area contributed by atoms with Gasteiger partial charge in [0.05, 0.1) is 0 Å². The number of carbonyl (C=O) groups excluding carboxylic acids is 2. The van der Waals surface area contributed by atoms with E-state index in [4.69, 9.17) is 4.74 Å². The van der Waals surface area contributed by atoms with Crippen LogP contribution in [0.25, 0.3) is 0 Å². The molecular formula is C16H30N2O3. The van der Waals surface area contributed by atoms with E-state index >= 15 is 0 Å². The van der Waals surface area contributed by atoms with Crippen LogP contribution in [0.3, 0.4) is 0 Å². The molecule has 2 amide bonds. The van der Waals surface area contributed by atoms with Gasteiger partial charge in [0, 0.05) is 20.3 Å². The summed E-state index contributed by atoms with van der Waals surface area (Å²) in [6, 6.07) is -0.343. The van der Waals surface area contributed by atoms with Crippen molar-refractivity contribution in [2.24, 2.45) is 5.92 Å². The number of hydrogen-bond acceptors (Lipinski definition) is 3. The SMILES string of the molecule is CCC(C)C1C(=O)NC(C)(CC)C(=O)N1CCCCOC. The molecule has 3 atom stereocenters. The number of rotatable bonds is 8. The quantitative estimate of drug-likeness (QED) is 0.697. The molecule has 0 radical (unpaired) electrons. The molecule has 0 bridgehead atoms. The Balaban J connectivity index is 2.90. The van der Waals surface area contributed by atoms with Gasteiger partial charge in [0.1, 0.15) is 11.6 Å². The van der Waals surface area contributed by atoms with Crippen molar-refractivity contribution in [3.05, 3.63) is 0 Å². The summed E-state index contributed by atoms with van der Waals surface area (Å²) in [4.78, 5) is 27.1. The van der Waals surface area contributed by atoms with Crippen LogP contribution in [0.2, 0.25) is 0 Å². The smallest absolute Gasteiger partial charge is 0.248 e. The van der Waals surface area contributed by atoms with Crippen LogP contribution in [0.4, 0.5) is 0 Å². The third kappa shape index (κ3) is 3.96. The molecule has 5 heteroatoms. The van der Waals surface area contributed by atoms with Crippen LogP contribution in [0.5, 0.6) is 0 Å². The molecule has 1 fully saturated rings. The lowest BCUT2D eigenvalue weighted by molar-refractivity contribution is -0.156. The number of ether oxygens (including phenoxy) is 1. The molecule has 122 valence electrons. The number of amides is 2. The predicted octanol–water partition coefficient (Wildman–Crippen LogP) is 1.95. The number of nitrogens with zero attached hydrogens (tertiary/aromatic N) is 1. The maximum absolute atomic E-state index is 12.8. The molecule has 1 rings (SSSR count). The molecule has 1 N–H and O–H groups in total. The summed E-state index contributed by atoms with van der Waals surface area (Å²) in [5, 5.41) is 2.93. The maximum atomic E-state index is 12.8. The minimum atomic E-state index is -0.762. The fraction of sp³-hybridized carbons (Fsp3) is 0.875. The van der Waals surface area contributed by atoms with Crippen molar-refractivity contribution in [2.45, 2.75) is 65.0 Å². The topological polar surface area (TPSA) is 58.6 Å². The molecule has 0 aromatic heterocycles. The first-order chi connectivity index (χ1) is 9.91. The van der Waals surface area contributed by atoms with Crippen LogP contribution >= 0.6 is 0 Å². The number of nitrogens with one attached hydrogen (secondary N) is 1. The average molecular weight is 298 g/mol. The van der Waals surface area contributed by atoms with E-state index in [1.165, 1.54) is 0 Å². The minimum Gasteiger partial charge on any atom is -0.385 e. The van der Waals surface area contributed by atoms with Gasteiger partial charge in [0.2, 0.25) is 11.8 Å². The lowest BCUT2D eigenvalue weighted by Crippen LogP contribution is -2.70. The fourth-order valence-electron chi connectivity index (χ4n) is 2.78. The standard InChI is InChI=1S/C16H30N2O3/c1-6-12(3)13-14(19)17-16(4,7-2)15(20)18(13)10-8-9-11-21-5/h12-13H,6-11H2,1-5H3,(H,17,19). The molecule has 1 heterocycles. The highest BCUT2D eigenvalue weighted by molar-refractivity contribution is 5.99. The highest BCUT2D eigenvalue weighted by Gasteiger charge is 2.47. The summed E-state index contributed by atoms with van der Waals surface area (Å²) < 4.78 is 5.05. The Morgan fingerprint density at radius 3 is 2.52 bits per heavy atom. The minimum absolute atomic E-state index is 0.0139. The molecule has 1 aliphatic rings. The van der Waals surface area contributed by atoms with Crippen LogP contribution < -0.4 is 5.32 Å². The van der Waals surface area contributed by atoms with Gasteiger partial charge in [-0.3, -0.25) is 9.59 Å². The lowest BCUT2D eigenvalue weighted by atomic mass is 9.87. The number of methoxy groups -OCH3 is 1. The van der Waals surface area contributed by atoms with E-state index in [-0.39, 0.29) is 23.8 Å². The lowest BCUT2D eigenvalue weighted by Gasteiger charge is -2.46. The van der Waals surface area contributed by atoms with Crippen molar-refractivity contribution in [3.8, 4) is 0 Å². The average Bonchev–Trinajstić information content (AvgIpc) is 2.47. The van der Waals surface area contributed by atoms with Gasteiger partial charge in [-0.25, -0.2) is 0 Å². The van der Waals surface area contributed by atoms with Crippen molar-refractivity contribution in [1.29, 1.82) is 0 Å². The summed E-state index contributed by atoms with van der Waals surface area (Å²) >= 11 is 0. The van der Waals surface area contributed by atoms with Gasteiger partial charge in [0.25, 0.3) is 0 Å². The monoisotopic (exact) mass is 298 g/mol. The third-order valence-corrected chi connectivity index (χ3v) is 4.62. The molecular weight excluding hydrogens is 268 g/mol. The van der Waals surface area contributed by atoms with Gasteiger partial charge < -0.3 is 15.0 Å².